The third-order valence-electron chi connectivity index (χ3n) is 3.88. The number of rotatable bonds is 9. The second-order valence-corrected chi connectivity index (χ2v) is 7.64. The second-order valence-electron chi connectivity index (χ2n) is 6.70. The van der Waals surface area contributed by atoms with Crippen LogP contribution in [0.1, 0.15) is 25.5 Å². The zero-order valence-corrected chi connectivity index (χ0v) is 17.4. The zero-order chi connectivity index (χ0) is 20.8. The van der Waals surface area contributed by atoms with Gasteiger partial charge in [0.05, 0.1) is 5.75 Å². The van der Waals surface area contributed by atoms with E-state index in [9.17, 15) is 13.6 Å². The third-order valence-corrected chi connectivity index (χ3v) is 4.81. The van der Waals surface area contributed by atoms with Gasteiger partial charge in [-0.1, -0.05) is 23.9 Å². The molecule has 0 aliphatic rings. The van der Waals surface area contributed by atoms with Crippen molar-refractivity contribution in [2.75, 3.05) is 31.8 Å². The van der Waals surface area contributed by atoms with E-state index in [-0.39, 0.29) is 23.5 Å². The number of halogens is 2. The number of carbonyl (C=O) groups excluding carboxylic acids is 1. The Morgan fingerprint density at radius 1 is 1.18 bits per heavy atom. The van der Waals surface area contributed by atoms with E-state index in [2.05, 4.69) is 14.9 Å². The molecule has 1 aromatic heterocycles. The van der Waals surface area contributed by atoms with E-state index in [0.29, 0.717) is 11.7 Å². The number of anilines is 1. The van der Waals surface area contributed by atoms with Crippen LogP contribution in [-0.2, 0) is 11.3 Å². The van der Waals surface area contributed by atoms with Crippen molar-refractivity contribution < 1.29 is 18.3 Å². The van der Waals surface area contributed by atoms with Crippen LogP contribution >= 0.6 is 11.8 Å². The number of thioether (sulfide) groups is 1. The number of hydrogen-bond acceptors (Lipinski definition) is 6. The molecule has 1 heterocycles. The fraction of sp³-hybridized carbons (Fsp3) is 0.500. The number of alkyl halides is 2. The summed E-state index contributed by atoms with van der Waals surface area (Å²) >= 11 is 1.34. The van der Waals surface area contributed by atoms with Gasteiger partial charge < -0.3 is 14.5 Å². The van der Waals surface area contributed by atoms with Crippen LogP contribution in [0.15, 0.2) is 29.4 Å². The van der Waals surface area contributed by atoms with Crippen molar-refractivity contribution in [1.82, 2.24) is 19.7 Å². The number of ether oxygens (including phenoxy) is 1. The Hall–Kier alpha value is -2.36. The van der Waals surface area contributed by atoms with Gasteiger partial charge in [-0.15, -0.1) is 10.2 Å². The molecule has 7 nitrogen and oxygen atoms in total. The molecule has 0 radical (unpaired) electrons. The van der Waals surface area contributed by atoms with Crippen LogP contribution in [0.25, 0.3) is 0 Å². The predicted molar refractivity (Wildman–Crippen MR) is 105 cm³/mol. The first kappa shape index (κ1) is 21.9. The van der Waals surface area contributed by atoms with Crippen molar-refractivity contribution in [3.8, 4) is 5.75 Å². The summed E-state index contributed by atoms with van der Waals surface area (Å²) in [7, 11) is 5.49. The molecular weight excluding hydrogens is 388 g/mol. The molecule has 1 amide bonds. The number of carbonyl (C=O) groups is 1. The molecule has 0 atom stereocenters. The van der Waals surface area contributed by atoms with Gasteiger partial charge >= 0.3 is 6.61 Å². The van der Waals surface area contributed by atoms with Crippen molar-refractivity contribution in [2.24, 2.45) is 0 Å². The minimum atomic E-state index is -2.85. The lowest BCUT2D eigenvalue weighted by atomic mass is 10.2. The molecule has 10 heteroatoms. The number of amides is 1. The molecule has 154 valence electrons. The molecular formula is C18H25F2N5O2S. The fourth-order valence-corrected chi connectivity index (χ4v) is 3.50. The second kappa shape index (κ2) is 9.72. The topological polar surface area (TPSA) is 63.5 Å². The summed E-state index contributed by atoms with van der Waals surface area (Å²) in [4.78, 5) is 15.9. The maximum atomic E-state index is 12.5. The summed E-state index contributed by atoms with van der Waals surface area (Å²) in [6, 6.07) is 6.41. The maximum absolute atomic E-state index is 12.5. The molecule has 28 heavy (non-hydrogen) atoms. The summed E-state index contributed by atoms with van der Waals surface area (Å²) in [6.45, 7) is 1.59. The van der Waals surface area contributed by atoms with Gasteiger partial charge in [-0.05, 0) is 31.5 Å². The number of benzene rings is 1. The summed E-state index contributed by atoms with van der Waals surface area (Å²) < 4.78 is 30.7. The largest absolute Gasteiger partial charge is 0.435 e. The Bertz CT molecular complexity index is 781. The molecule has 2 aromatic rings. The summed E-state index contributed by atoms with van der Waals surface area (Å²) in [6.07, 6.45) is 0. The predicted octanol–water partition coefficient (Wildman–Crippen LogP) is 3.28. The van der Waals surface area contributed by atoms with Crippen LogP contribution in [0.4, 0.5) is 14.7 Å². The van der Waals surface area contributed by atoms with Crippen molar-refractivity contribution in [1.29, 1.82) is 0 Å². The standard InChI is InChI=1S/C18H25F2N5O2S/c1-12(2)25-17(23(3)4)21-22-18(25)28-11-15(26)24(5)10-13-6-8-14(9-7-13)27-16(19)20/h6-9,12,16H,10-11H2,1-5H3. The Kier molecular flexibility index (Phi) is 7.61. The molecule has 0 N–H and O–H groups in total. The van der Waals surface area contributed by atoms with Gasteiger partial charge in [-0.3, -0.25) is 9.36 Å². The molecule has 0 fully saturated rings. The summed E-state index contributed by atoms with van der Waals surface area (Å²) in [5.41, 5.74) is 0.822. The van der Waals surface area contributed by atoms with Gasteiger partial charge in [-0.2, -0.15) is 8.78 Å². The Morgan fingerprint density at radius 2 is 1.82 bits per heavy atom. The van der Waals surface area contributed by atoms with Crippen LogP contribution < -0.4 is 9.64 Å². The van der Waals surface area contributed by atoms with E-state index >= 15 is 0 Å². The molecule has 0 spiro atoms. The maximum Gasteiger partial charge on any atom is 0.387 e. The van der Waals surface area contributed by atoms with Crippen molar-refractivity contribution in [2.45, 2.75) is 38.2 Å². The average Bonchev–Trinajstić information content (AvgIpc) is 3.05. The fourth-order valence-electron chi connectivity index (χ4n) is 2.50. The Balaban J connectivity index is 1.94. The van der Waals surface area contributed by atoms with Crippen LogP contribution in [0, 0.1) is 0 Å². The lowest BCUT2D eigenvalue weighted by Gasteiger charge is -2.19. The zero-order valence-electron chi connectivity index (χ0n) is 16.6. The number of nitrogens with zero attached hydrogens (tertiary/aromatic N) is 5. The third kappa shape index (κ3) is 5.82. The van der Waals surface area contributed by atoms with Gasteiger partial charge in [0.25, 0.3) is 0 Å². The van der Waals surface area contributed by atoms with Gasteiger partial charge in [-0.25, -0.2) is 0 Å². The highest BCUT2D eigenvalue weighted by atomic mass is 32.2. The van der Waals surface area contributed by atoms with E-state index in [0.717, 1.165) is 11.5 Å². The first-order valence-corrected chi connectivity index (χ1v) is 9.70. The lowest BCUT2D eigenvalue weighted by molar-refractivity contribution is -0.127. The van der Waals surface area contributed by atoms with Gasteiger partial charge in [0, 0.05) is 33.7 Å². The van der Waals surface area contributed by atoms with Crippen molar-refractivity contribution >= 4 is 23.6 Å². The van der Waals surface area contributed by atoms with Gasteiger partial charge in [0.1, 0.15) is 5.75 Å². The first-order chi connectivity index (χ1) is 13.2. The van der Waals surface area contributed by atoms with E-state index in [1.807, 2.05) is 37.4 Å². The van der Waals surface area contributed by atoms with E-state index < -0.39 is 6.61 Å². The normalized spacial score (nSPS) is 11.2. The lowest BCUT2D eigenvalue weighted by Crippen LogP contribution is -2.28. The number of aromatic nitrogens is 3. The van der Waals surface area contributed by atoms with Crippen molar-refractivity contribution in [3.05, 3.63) is 29.8 Å². The molecule has 0 aliphatic carbocycles. The molecule has 0 saturated heterocycles. The number of hydrogen-bond donors (Lipinski definition) is 0. The molecule has 2 rings (SSSR count). The minimum absolute atomic E-state index is 0.0670. The molecule has 0 saturated carbocycles. The van der Waals surface area contributed by atoms with Crippen LogP contribution in [-0.4, -0.2) is 59.1 Å². The average molecular weight is 413 g/mol. The van der Waals surface area contributed by atoms with Crippen LogP contribution in [0.3, 0.4) is 0 Å². The van der Waals surface area contributed by atoms with E-state index in [4.69, 9.17) is 0 Å². The van der Waals surface area contributed by atoms with Crippen molar-refractivity contribution in [3.63, 3.8) is 0 Å². The molecule has 0 bridgehead atoms. The van der Waals surface area contributed by atoms with E-state index in [1.54, 1.807) is 24.1 Å². The molecule has 0 unspecified atom stereocenters. The molecule has 1 aromatic carbocycles. The summed E-state index contributed by atoms with van der Waals surface area (Å²) in [5.74, 6) is 0.987. The smallest absolute Gasteiger partial charge is 0.387 e. The highest BCUT2D eigenvalue weighted by Gasteiger charge is 2.19. The molecule has 0 aliphatic heterocycles. The summed E-state index contributed by atoms with van der Waals surface area (Å²) in [5, 5.41) is 9.07. The van der Waals surface area contributed by atoms with E-state index in [1.165, 1.54) is 23.9 Å². The SMILES string of the molecule is CC(C)n1c(SCC(=O)N(C)Cc2ccc(OC(F)F)cc2)nnc1N(C)C. The monoisotopic (exact) mass is 413 g/mol. The Morgan fingerprint density at radius 3 is 2.36 bits per heavy atom. The van der Waals surface area contributed by atoms with Crippen LogP contribution in [0.2, 0.25) is 0 Å². The quantitative estimate of drug-likeness (QED) is 0.588. The minimum Gasteiger partial charge on any atom is -0.435 e. The Labute approximate surface area is 167 Å². The highest BCUT2D eigenvalue weighted by molar-refractivity contribution is 7.99. The first-order valence-electron chi connectivity index (χ1n) is 8.71. The van der Waals surface area contributed by atoms with Gasteiger partial charge in [0.2, 0.25) is 11.9 Å². The van der Waals surface area contributed by atoms with Gasteiger partial charge in [0.15, 0.2) is 5.16 Å². The highest BCUT2D eigenvalue weighted by Crippen LogP contribution is 2.25. The van der Waals surface area contributed by atoms with Crippen LogP contribution in [0.5, 0.6) is 5.75 Å².